The first-order valence-electron chi connectivity index (χ1n) is 6.35. The maximum absolute atomic E-state index is 10.3. The Kier molecular flexibility index (Phi) is 4.15. The maximum atomic E-state index is 10.3. The maximum Gasteiger partial charge on any atom is 0.0795 e. The minimum atomic E-state index is -0.498. The second-order valence-corrected chi connectivity index (χ2v) is 5.02. The zero-order chi connectivity index (χ0) is 12.1. The number of nitrogens with zero attached hydrogens (tertiary/aromatic N) is 1. The van der Waals surface area contributed by atoms with Crippen molar-refractivity contribution in [3.63, 3.8) is 0 Å². The second kappa shape index (κ2) is 5.63. The Morgan fingerprint density at radius 3 is 2.47 bits per heavy atom. The van der Waals surface area contributed by atoms with Gasteiger partial charge in [-0.2, -0.15) is 0 Å². The molecule has 0 unspecified atom stereocenters. The van der Waals surface area contributed by atoms with Crippen molar-refractivity contribution in [1.29, 1.82) is 0 Å². The first-order valence-corrected chi connectivity index (χ1v) is 6.35. The molecule has 2 rings (SSSR count). The van der Waals surface area contributed by atoms with Gasteiger partial charge in [0.05, 0.1) is 5.60 Å². The quantitative estimate of drug-likeness (QED) is 0.822. The van der Waals surface area contributed by atoms with Gasteiger partial charge in [0.25, 0.3) is 0 Å². The largest absolute Gasteiger partial charge is 0.388 e. The van der Waals surface area contributed by atoms with Crippen LogP contribution in [0.25, 0.3) is 0 Å². The molecule has 0 saturated carbocycles. The molecular weight excluding hydrogens is 212 g/mol. The number of hydrogen-bond acceptors (Lipinski definition) is 3. The summed E-state index contributed by atoms with van der Waals surface area (Å²) in [6.07, 6.45) is 1.72. The molecule has 1 heterocycles. The van der Waals surface area contributed by atoms with E-state index in [4.69, 9.17) is 0 Å². The number of benzene rings is 1. The average Bonchev–Trinajstić information content (AvgIpc) is 2.34. The van der Waals surface area contributed by atoms with Crippen LogP contribution >= 0.6 is 0 Å². The standard InChI is InChI=1S/C14H22N2O/c1-15-12-14(17)7-9-16(10-8-14)11-13-5-3-2-4-6-13/h2-6,15,17H,7-12H2,1H3. The average molecular weight is 234 g/mol. The molecule has 17 heavy (non-hydrogen) atoms. The summed E-state index contributed by atoms with van der Waals surface area (Å²) in [6, 6.07) is 10.5. The Morgan fingerprint density at radius 2 is 1.88 bits per heavy atom. The van der Waals surface area contributed by atoms with Crippen LogP contribution in [-0.2, 0) is 6.54 Å². The Balaban J connectivity index is 1.83. The number of nitrogens with one attached hydrogen (secondary N) is 1. The van der Waals surface area contributed by atoms with Gasteiger partial charge in [0.1, 0.15) is 0 Å². The highest BCUT2D eigenvalue weighted by atomic mass is 16.3. The Morgan fingerprint density at radius 1 is 1.24 bits per heavy atom. The van der Waals surface area contributed by atoms with Crippen LogP contribution in [0.3, 0.4) is 0 Å². The third-order valence-corrected chi connectivity index (χ3v) is 3.54. The molecule has 0 aromatic heterocycles. The fourth-order valence-electron chi connectivity index (χ4n) is 2.47. The fourth-order valence-corrected chi connectivity index (χ4v) is 2.47. The number of likely N-dealkylation sites (tertiary alicyclic amines) is 1. The van der Waals surface area contributed by atoms with Crippen LogP contribution in [0.4, 0.5) is 0 Å². The summed E-state index contributed by atoms with van der Waals surface area (Å²) in [4.78, 5) is 2.42. The van der Waals surface area contributed by atoms with E-state index in [2.05, 4.69) is 34.5 Å². The molecule has 0 atom stereocenters. The van der Waals surface area contributed by atoms with Crippen molar-refractivity contribution >= 4 is 0 Å². The molecular formula is C14H22N2O. The molecule has 3 heteroatoms. The summed E-state index contributed by atoms with van der Waals surface area (Å²) < 4.78 is 0. The molecule has 1 aliphatic heterocycles. The van der Waals surface area contributed by atoms with Crippen molar-refractivity contribution < 1.29 is 5.11 Å². The van der Waals surface area contributed by atoms with Crippen LogP contribution < -0.4 is 5.32 Å². The number of piperidine rings is 1. The molecule has 0 spiro atoms. The number of likely N-dealkylation sites (N-methyl/N-ethyl adjacent to an activating group) is 1. The molecule has 94 valence electrons. The lowest BCUT2D eigenvalue weighted by molar-refractivity contribution is -0.0203. The molecule has 1 aromatic rings. The molecule has 3 nitrogen and oxygen atoms in total. The SMILES string of the molecule is CNCC1(O)CCN(Cc2ccccc2)CC1. The lowest BCUT2D eigenvalue weighted by Gasteiger charge is -2.38. The molecule has 0 radical (unpaired) electrons. The van der Waals surface area contributed by atoms with E-state index in [0.717, 1.165) is 32.5 Å². The van der Waals surface area contributed by atoms with Gasteiger partial charge in [0.15, 0.2) is 0 Å². The van der Waals surface area contributed by atoms with Gasteiger partial charge >= 0.3 is 0 Å². The summed E-state index contributed by atoms with van der Waals surface area (Å²) in [7, 11) is 1.90. The van der Waals surface area contributed by atoms with Crippen LogP contribution in [0, 0.1) is 0 Å². The molecule has 0 aliphatic carbocycles. The minimum Gasteiger partial charge on any atom is -0.388 e. The van der Waals surface area contributed by atoms with E-state index in [0.29, 0.717) is 6.54 Å². The van der Waals surface area contributed by atoms with Crippen LogP contribution in [-0.4, -0.2) is 42.3 Å². The molecule has 1 fully saturated rings. The summed E-state index contributed by atoms with van der Waals surface area (Å²) in [5.41, 5.74) is 0.855. The van der Waals surface area contributed by atoms with Crippen molar-refractivity contribution in [2.24, 2.45) is 0 Å². The van der Waals surface area contributed by atoms with Crippen molar-refractivity contribution in [1.82, 2.24) is 10.2 Å². The summed E-state index contributed by atoms with van der Waals surface area (Å²) >= 11 is 0. The lowest BCUT2D eigenvalue weighted by Crippen LogP contribution is -2.49. The summed E-state index contributed by atoms with van der Waals surface area (Å²) in [5, 5.41) is 13.3. The predicted molar refractivity (Wildman–Crippen MR) is 69.8 cm³/mol. The zero-order valence-corrected chi connectivity index (χ0v) is 10.5. The molecule has 1 aliphatic rings. The highest BCUT2D eigenvalue weighted by molar-refractivity contribution is 5.14. The fraction of sp³-hybridized carbons (Fsp3) is 0.571. The Hall–Kier alpha value is -0.900. The number of rotatable bonds is 4. The van der Waals surface area contributed by atoms with Gasteiger partial charge in [0, 0.05) is 26.2 Å². The van der Waals surface area contributed by atoms with Crippen LogP contribution in [0.2, 0.25) is 0 Å². The Bertz CT molecular complexity index is 331. The van der Waals surface area contributed by atoms with E-state index in [-0.39, 0.29) is 0 Å². The van der Waals surface area contributed by atoms with Crippen LogP contribution in [0.5, 0.6) is 0 Å². The third-order valence-electron chi connectivity index (χ3n) is 3.54. The molecule has 1 saturated heterocycles. The van der Waals surface area contributed by atoms with Crippen molar-refractivity contribution in [3.8, 4) is 0 Å². The van der Waals surface area contributed by atoms with Crippen LogP contribution in [0.1, 0.15) is 18.4 Å². The van der Waals surface area contributed by atoms with E-state index < -0.39 is 5.60 Å². The predicted octanol–water partition coefficient (Wildman–Crippen LogP) is 1.23. The molecule has 2 N–H and O–H groups in total. The van der Waals surface area contributed by atoms with E-state index in [9.17, 15) is 5.11 Å². The van der Waals surface area contributed by atoms with E-state index in [1.165, 1.54) is 5.56 Å². The van der Waals surface area contributed by atoms with E-state index in [1.54, 1.807) is 0 Å². The van der Waals surface area contributed by atoms with Gasteiger partial charge in [-0.25, -0.2) is 0 Å². The van der Waals surface area contributed by atoms with Gasteiger partial charge in [-0.05, 0) is 25.5 Å². The van der Waals surface area contributed by atoms with Gasteiger partial charge in [0.2, 0.25) is 0 Å². The van der Waals surface area contributed by atoms with Gasteiger partial charge < -0.3 is 10.4 Å². The molecule has 0 amide bonds. The van der Waals surface area contributed by atoms with Crippen molar-refractivity contribution in [2.75, 3.05) is 26.7 Å². The summed E-state index contributed by atoms with van der Waals surface area (Å²) in [6.45, 7) is 3.66. The number of hydrogen-bond donors (Lipinski definition) is 2. The minimum absolute atomic E-state index is 0.498. The lowest BCUT2D eigenvalue weighted by atomic mass is 9.91. The van der Waals surface area contributed by atoms with E-state index >= 15 is 0 Å². The van der Waals surface area contributed by atoms with Gasteiger partial charge in [-0.3, -0.25) is 4.90 Å². The van der Waals surface area contributed by atoms with Crippen LogP contribution in [0.15, 0.2) is 30.3 Å². The van der Waals surface area contributed by atoms with Gasteiger partial charge in [-0.15, -0.1) is 0 Å². The van der Waals surface area contributed by atoms with Gasteiger partial charge in [-0.1, -0.05) is 30.3 Å². The topological polar surface area (TPSA) is 35.5 Å². The smallest absolute Gasteiger partial charge is 0.0795 e. The highest BCUT2D eigenvalue weighted by Gasteiger charge is 2.31. The zero-order valence-electron chi connectivity index (χ0n) is 10.5. The Labute approximate surface area is 103 Å². The first kappa shape index (κ1) is 12.6. The normalized spacial score (nSPS) is 20.4. The number of aliphatic hydroxyl groups is 1. The monoisotopic (exact) mass is 234 g/mol. The second-order valence-electron chi connectivity index (χ2n) is 5.02. The van der Waals surface area contributed by atoms with Crippen molar-refractivity contribution in [3.05, 3.63) is 35.9 Å². The first-order chi connectivity index (χ1) is 8.22. The molecule has 0 bridgehead atoms. The summed E-state index contributed by atoms with van der Waals surface area (Å²) in [5.74, 6) is 0. The highest BCUT2D eigenvalue weighted by Crippen LogP contribution is 2.22. The molecule has 1 aromatic carbocycles. The van der Waals surface area contributed by atoms with Crippen molar-refractivity contribution in [2.45, 2.75) is 25.0 Å². The van der Waals surface area contributed by atoms with E-state index in [1.807, 2.05) is 13.1 Å². The third kappa shape index (κ3) is 3.53.